The highest BCUT2D eigenvalue weighted by atomic mass is 16.5. The Labute approximate surface area is 180 Å². The maximum atomic E-state index is 12.6. The summed E-state index contributed by atoms with van der Waals surface area (Å²) in [5.41, 5.74) is 4.03. The third kappa shape index (κ3) is 4.26. The molecule has 1 fully saturated rings. The first-order valence-electron chi connectivity index (χ1n) is 10.4. The highest BCUT2D eigenvalue weighted by Crippen LogP contribution is 2.44. The minimum Gasteiger partial charge on any atom is -0.481 e. The SMILES string of the molecule is CC1CC1(C)NC(=O)C(CC(=O)O)NC(=O)OCC1c2ccccc2-c2ccccc21. The molecule has 2 aliphatic rings. The van der Waals surface area contributed by atoms with Gasteiger partial charge in [0.1, 0.15) is 12.6 Å². The van der Waals surface area contributed by atoms with Crippen molar-refractivity contribution < 1.29 is 24.2 Å². The second-order valence-corrected chi connectivity index (χ2v) is 8.63. The number of carboxylic acid groups (broad SMARTS) is 1. The van der Waals surface area contributed by atoms with Crippen molar-refractivity contribution in [2.45, 2.75) is 44.2 Å². The number of rotatable bonds is 7. The van der Waals surface area contributed by atoms with Gasteiger partial charge in [-0.15, -0.1) is 0 Å². The van der Waals surface area contributed by atoms with Crippen LogP contribution in [-0.2, 0) is 14.3 Å². The number of benzene rings is 2. The van der Waals surface area contributed by atoms with Crippen LogP contribution in [-0.4, -0.2) is 41.3 Å². The van der Waals surface area contributed by atoms with E-state index in [1.807, 2.05) is 62.4 Å². The van der Waals surface area contributed by atoms with E-state index < -0.39 is 30.4 Å². The number of carbonyl (C=O) groups is 3. The summed E-state index contributed by atoms with van der Waals surface area (Å²) >= 11 is 0. The molecule has 2 amide bonds. The molecule has 0 aromatic heterocycles. The maximum Gasteiger partial charge on any atom is 0.407 e. The van der Waals surface area contributed by atoms with Crippen LogP contribution in [0.15, 0.2) is 48.5 Å². The van der Waals surface area contributed by atoms with Crippen molar-refractivity contribution >= 4 is 18.0 Å². The molecule has 0 radical (unpaired) electrons. The lowest BCUT2D eigenvalue weighted by Crippen LogP contribution is -2.51. The van der Waals surface area contributed by atoms with E-state index in [-0.39, 0.29) is 18.1 Å². The number of hydrogen-bond donors (Lipinski definition) is 3. The van der Waals surface area contributed by atoms with Gasteiger partial charge in [-0.2, -0.15) is 0 Å². The zero-order chi connectivity index (χ0) is 22.2. The molecule has 0 spiro atoms. The van der Waals surface area contributed by atoms with E-state index in [1.54, 1.807) is 0 Å². The molecule has 162 valence electrons. The molecule has 0 bridgehead atoms. The molecule has 3 N–H and O–H groups in total. The van der Waals surface area contributed by atoms with Crippen LogP contribution < -0.4 is 10.6 Å². The van der Waals surface area contributed by atoms with Crippen molar-refractivity contribution in [3.63, 3.8) is 0 Å². The molecule has 3 atom stereocenters. The number of aliphatic carboxylic acids is 1. The molecular formula is C24H26N2O5. The third-order valence-corrected chi connectivity index (χ3v) is 6.40. The van der Waals surface area contributed by atoms with Gasteiger partial charge in [-0.1, -0.05) is 55.5 Å². The van der Waals surface area contributed by atoms with Gasteiger partial charge in [0, 0.05) is 11.5 Å². The summed E-state index contributed by atoms with van der Waals surface area (Å²) in [5, 5.41) is 14.4. The first-order chi connectivity index (χ1) is 14.8. The zero-order valence-electron chi connectivity index (χ0n) is 17.6. The summed E-state index contributed by atoms with van der Waals surface area (Å²) < 4.78 is 5.45. The van der Waals surface area contributed by atoms with Crippen LogP contribution in [0.2, 0.25) is 0 Å². The lowest BCUT2D eigenvalue weighted by Gasteiger charge is -2.21. The Morgan fingerprint density at radius 3 is 2.16 bits per heavy atom. The first-order valence-corrected chi connectivity index (χ1v) is 10.4. The quantitative estimate of drug-likeness (QED) is 0.635. The maximum absolute atomic E-state index is 12.6. The predicted octanol–water partition coefficient (Wildman–Crippen LogP) is 3.28. The Morgan fingerprint density at radius 2 is 1.65 bits per heavy atom. The first kappa shape index (κ1) is 20.9. The van der Waals surface area contributed by atoms with E-state index in [4.69, 9.17) is 9.84 Å². The highest BCUT2D eigenvalue weighted by Gasteiger charge is 2.48. The van der Waals surface area contributed by atoms with E-state index >= 15 is 0 Å². The van der Waals surface area contributed by atoms with Crippen LogP contribution >= 0.6 is 0 Å². The Bertz CT molecular complexity index is 991. The monoisotopic (exact) mass is 422 g/mol. The van der Waals surface area contributed by atoms with Crippen LogP contribution in [0.3, 0.4) is 0 Å². The average Bonchev–Trinajstić information content (AvgIpc) is 3.19. The smallest absolute Gasteiger partial charge is 0.407 e. The fourth-order valence-electron chi connectivity index (χ4n) is 4.29. The van der Waals surface area contributed by atoms with Crippen molar-refractivity contribution in [1.29, 1.82) is 0 Å². The predicted molar refractivity (Wildman–Crippen MR) is 115 cm³/mol. The molecule has 4 rings (SSSR count). The van der Waals surface area contributed by atoms with Crippen molar-refractivity contribution in [2.24, 2.45) is 5.92 Å². The largest absolute Gasteiger partial charge is 0.481 e. The van der Waals surface area contributed by atoms with Crippen LogP contribution in [0, 0.1) is 5.92 Å². The van der Waals surface area contributed by atoms with Gasteiger partial charge in [-0.3, -0.25) is 9.59 Å². The summed E-state index contributed by atoms with van der Waals surface area (Å²) in [6.45, 7) is 4.00. The number of alkyl carbamates (subject to hydrolysis) is 1. The van der Waals surface area contributed by atoms with Crippen LogP contribution in [0.4, 0.5) is 4.79 Å². The summed E-state index contributed by atoms with van der Waals surface area (Å²) in [5.74, 6) is -1.48. The van der Waals surface area contributed by atoms with E-state index in [2.05, 4.69) is 10.6 Å². The zero-order valence-corrected chi connectivity index (χ0v) is 17.6. The van der Waals surface area contributed by atoms with E-state index in [0.29, 0.717) is 5.92 Å². The minimum atomic E-state index is -1.20. The molecule has 31 heavy (non-hydrogen) atoms. The molecule has 0 saturated heterocycles. The fourth-order valence-corrected chi connectivity index (χ4v) is 4.29. The second kappa shape index (κ2) is 8.06. The van der Waals surface area contributed by atoms with E-state index in [9.17, 15) is 14.4 Å². The molecule has 2 aromatic carbocycles. The van der Waals surface area contributed by atoms with Gasteiger partial charge in [0.15, 0.2) is 0 Å². The van der Waals surface area contributed by atoms with Gasteiger partial charge in [0.2, 0.25) is 5.91 Å². The summed E-state index contributed by atoms with van der Waals surface area (Å²) in [6, 6.07) is 14.8. The fraction of sp³-hybridized carbons (Fsp3) is 0.375. The van der Waals surface area contributed by atoms with Crippen molar-refractivity contribution in [1.82, 2.24) is 10.6 Å². The number of nitrogens with one attached hydrogen (secondary N) is 2. The molecular weight excluding hydrogens is 396 g/mol. The van der Waals surface area contributed by atoms with Crippen molar-refractivity contribution in [2.75, 3.05) is 6.61 Å². The van der Waals surface area contributed by atoms with Gasteiger partial charge >= 0.3 is 12.1 Å². The van der Waals surface area contributed by atoms with Crippen LogP contribution in [0.25, 0.3) is 11.1 Å². The van der Waals surface area contributed by atoms with E-state index in [0.717, 1.165) is 28.7 Å². The van der Waals surface area contributed by atoms with Gasteiger partial charge in [-0.05, 0) is 41.5 Å². The Kier molecular flexibility index (Phi) is 5.43. The second-order valence-electron chi connectivity index (χ2n) is 8.63. The molecule has 0 heterocycles. The Balaban J connectivity index is 1.42. The van der Waals surface area contributed by atoms with Gasteiger partial charge in [0.25, 0.3) is 0 Å². The Hall–Kier alpha value is -3.35. The molecule has 7 nitrogen and oxygen atoms in total. The average molecular weight is 422 g/mol. The molecule has 7 heteroatoms. The van der Waals surface area contributed by atoms with Crippen LogP contribution in [0.5, 0.6) is 0 Å². The van der Waals surface area contributed by atoms with Crippen molar-refractivity contribution in [3.8, 4) is 11.1 Å². The standard InChI is InChI=1S/C24H26N2O5/c1-14-12-24(14,2)26-22(29)20(11-21(27)28)25-23(30)31-13-19-17-9-5-3-7-15(17)16-8-4-6-10-18(16)19/h3-10,14,19-20H,11-13H2,1-2H3,(H,25,30)(H,26,29)(H,27,28). The minimum absolute atomic E-state index is 0.0933. The molecule has 0 aliphatic heterocycles. The number of fused-ring (bicyclic) bond motifs is 3. The lowest BCUT2D eigenvalue weighted by atomic mass is 9.98. The van der Waals surface area contributed by atoms with Gasteiger partial charge in [0.05, 0.1) is 6.42 Å². The number of carbonyl (C=O) groups excluding carboxylic acids is 2. The topological polar surface area (TPSA) is 105 Å². The van der Waals surface area contributed by atoms with Crippen LogP contribution in [0.1, 0.15) is 43.7 Å². The van der Waals surface area contributed by atoms with Gasteiger partial charge in [-0.25, -0.2) is 4.79 Å². The number of ether oxygens (including phenoxy) is 1. The molecule has 2 aromatic rings. The molecule has 2 aliphatic carbocycles. The van der Waals surface area contributed by atoms with Gasteiger partial charge < -0.3 is 20.5 Å². The normalized spacial score (nSPS) is 22.1. The lowest BCUT2D eigenvalue weighted by molar-refractivity contribution is -0.140. The Morgan fingerprint density at radius 1 is 1.10 bits per heavy atom. The highest BCUT2D eigenvalue weighted by molar-refractivity contribution is 5.90. The number of amides is 2. The number of carboxylic acids is 1. The third-order valence-electron chi connectivity index (χ3n) is 6.40. The van der Waals surface area contributed by atoms with Crippen molar-refractivity contribution in [3.05, 3.63) is 59.7 Å². The molecule has 3 unspecified atom stereocenters. The van der Waals surface area contributed by atoms with E-state index in [1.165, 1.54) is 0 Å². The number of hydrogen-bond acceptors (Lipinski definition) is 4. The molecule has 1 saturated carbocycles. The summed E-state index contributed by atoms with van der Waals surface area (Å²) in [6.07, 6.45) is -0.499. The summed E-state index contributed by atoms with van der Waals surface area (Å²) in [7, 11) is 0. The summed E-state index contributed by atoms with van der Waals surface area (Å²) in [4.78, 5) is 36.2.